The Bertz CT molecular complexity index is 519. The molecule has 0 bridgehead atoms. The van der Waals surface area contributed by atoms with Crippen molar-refractivity contribution in [1.29, 1.82) is 0 Å². The number of nitrogens with zero attached hydrogens (tertiary/aromatic N) is 2. The molecule has 0 fully saturated rings. The van der Waals surface area contributed by atoms with Gasteiger partial charge in [-0.3, -0.25) is 0 Å². The molecule has 0 aliphatic carbocycles. The first-order chi connectivity index (χ1) is 7.72. The number of rotatable bonds is 2. The molecule has 5 nitrogen and oxygen atoms in total. The highest BCUT2D eigenvalue weighted by Gasteiger charge is 2.16. The van der Waals surface area contributed by atoms with Crippen LogP contribution < -0.4 is 0 Å². The number of ether oxygens (including phenoxy) is 1. The number of aromatic nitrogens is 2. The van der Waals surface area contributed by atoms with Crippen LogP contribution in [0, 0.1) is 6.92 Å². The highest BCUT2D eigenvalue weighted by Crippen LogP contribution is 2.19. The molecule has 1 aromatic carbocycles. The molecule has 0 aliphatic rings. The Hall–Kier alpha value is -2.17. The predicted molar refractivity (Wildman–Crippen MR) is 55.8 cm³/mol. The SMILES string of the molecule is COC(=O)c1nc(-c2ccccc2C)no1. The van der Waals surface area contributed by atoms with Gasteiger partial charge in [-0.15, -0.1) is 0 Å². The molecule has 2 aromatic rings. The lowest BCUT2D eigenvalue weighted by Crippen LogP contribution is -2.01. The van der Waals surface area contributed by atoms with Crippen LogP contribution in [0.5, 0.6) is 0 Å². The Balaban J connectivity index is 2.39. The van der Waals surface area contributed by atoms with Gasteiger partial charge in [-0.1, -0.05) is 29.4 Å². The van der Waals surface area contributed by atoms with Crippen molar-refractivity contribution in [3.8, 4) is 11.4 Å². The van der Waals surface area contributed by atoms with Gasteiger partial charge in [0.2, 0.25) is 5.82 Å². The maximum Gasteiger partial charge on any atom is 0.397 e. The van der Waals surface area contributed by atoms with E-state index >= 15 is 0 Å². The summed E-state index contributed by atoms with van der Waals surface area (Å²) < 4.78 is 9.27. The Kier molecular flexibility index (Phi) is 2.68. The Morgan fingerprint density at radius 1 is 1.38 bits per heavy atom. The van der Waals surface area contributed by atoms with Crippen molar-refractivity contribution in [3.05, 3.63) is 35.7 Å². The van der Waals surface area contributed by atoms with Crippen LogP contribution in [0.15, 0.2) is 28.8 Å². The van der Waals surface area contributed by atoms with E-state index in [9.17, 15) is 4.79 Å². The van der Waals surface area contributed by atoms with E-state index in [4.69, 9.17) is 4.52 Å². The van der Waals surface area contributed by atoms with Crippen molar-refractivity contribution in [3.63, 3.8) is 0 Å². The number of carbonyl (C=O) groups excluding carboxylic acids is 1. The standard InChI is InChI=1S/C11H10N2O3/c1-7-5-3-4-6-8(7)9-12-10(16-13-9)11(14)15-2/h3-6H,1-2H3. The lowest BCUT2D eigenvalue weighted by atomic mass is 10.1. The third-order valence-electron chi connectivity index (χ3n) is 2.17. The summed E-state index contributed by atoms with van der Waals surface area (Å²) in [7, 11) is 1.26. The first-order valence-corrected chi connectivity index (χ1v) is 4.70. The molecular weight excluding hydrogens is 208 g/mol. The molecule has 1 heterocycles. The number of aryl methyl sites for hydroxylation is 1. The first kappa shape index (κ1) is 10.4. The second kappa shape index (κ2) is 4.14. The van der Waals surface area contributed by atoms with E-state index < -0.39 is 5.97 Å². The first-order valence-electron chi connectivity index (χ1n) is 4.70. The van der Waals surface area contributed by atoms with Crippen LogP contribution in [0.2, 0.25) is 0 Å². The van der Waals surface area contributed by atoms with Crippen LogP contribution in [0.4, 0.5) is 0 Å². The van der Waals surface area contributed by atoms with Crippen molar-refractivity contribution in [1.82, 2.24) is 10.1 Å². The molecule has 0 atom stereocenters. The normalized spacial score (nSPS) is 10.1. The van der Waals surface area contributed by atoms with Gasteiger partial charge in [0.1, 0.15) is 0 Å². The molecule has 5 heteroatoms. The maximum absolute atomic E-state index is 11.1. The van der Waals surface area contributed by atoms with Crippen LogP contribution >= 0.6 is 0 Å². The minimum atomic E-state index is -0.632. The van der Waals surface area contributed by atoms with E-state index in [-0.39, 0.29) is 5.89 Å². The number of esters is 1. The predicted octanol–water partition coefficient (Wildman–Crippen LogP) is 1.83. The molecule has 82 valence electrons. The number of methoxy groups -OCH3 is 1. The zero-order valence-corrected chi connectivity index (χ0v) is 8.93. The Labute approximate surface area is 92.0 Å². The van der Waals surface area contributed by atoms with Gasteiger partial charge in [0.05, 0.1) is 7.11 Å². The third-order valence-corrected chi connectivity index (χ3v) is 2.17. The molecule has 0 N–H and O–H groups in total. The summed E-state index contributed by atoms with van der Waals surface area (Å²) in [5.41, 5.74) is 1.85. The Morgan fingerprint density at radius 3 is 2.81 bits per heavy atom. The second-order valence-electron chi connectivity index (χ2n) is 3.23. The smallest absolute Gasteiger partial charge is 0.397 e. The molecule has 0 saturated carbocycles. The van der Waals surface area contributed by atoms with Gasteiger partial charge < -0.3 is 9.26 Å². The van der Waals surface area contributed by atoms with Crippen molar-refractivity contribution in [2.45, 2.75) is 6.92 Å². The zero-order valence-electron chi connectivity index (χ0n) is 8.93. The van der Waals surface area contributed by atoms with Crippen molar-refractivity contribution in [2.24, 2.45) is 0 Å². The molecular formula is C11H10N2O3. The van der Waals surface area contributed by atoms with Crippen LogP contribution in [0.25, 0.3) is 11.4 Å². The summed E-state index contributed by atoms with van der Waals surface area (Å²) in [6, 6.07) is 7.58. The summed E-state index contributed by atoms with van der Waals surface area (Å²) in [4.78, 5) is 15.1. The van der Waals surface area contributed by atoms with Gasteiger partial charge in [0.25, 0.3) is 0 Å². The van der Waals surface area contributed by atoms with Crippen LogP contribution in [-0.4, -0.2) is 23.2 Å². The molecule has 16 heavy (non-hydrogen) atoms. The highest BCUT2D eigenvalue weighted by molar-refractivity contribution is 5.84. The zero-order chi connectivity index (χ0) is 11.5. The van der Waals surface area contributed by atoms with Crippen LogP contribution in [0.1, 0.15) is 16.2 Å². The number of hydrogen-bond donors (Lipinski definition) is 0. The summed E-state index contributed by atoms with van der Waals surface area (Å²) in [6.07, 6.45) is 0. The molecule has 0 spiro atoms. The van der Waals surface area contributed by atoms with E-state index in [0.29, 0.717) is 5.82 Å². The molecule has 0 amide bonds. The fourth-order valence-corrected chi connectivity index (χ4v) is 1.33. The number of hydrogen-bond acceptors (Lipinski definition) is 5. The fraction of sp³-hybridized carbons (Fsp3) is 0.182. The molecule has 2 rings (SSSR count). The fourth-order valence-electron chi connectivity index (χ4n) is 1.33. The highest BCUT2D eigenvalue weighted by atomic mass is 16.6. The lowest BCUT2D eigenvalue weighted by molar-refractivity contribution is 0.0545. The lowest BCUT2D eigenvalue weighted by Gasteiger charge is -1.97. The molecule has 0 unspecified atom stereocenters. The number of benzene rings is 1. The van der Waals surface area contributed by atoms with Gasteiger partial charge in [-0.2, -0.15) is 4.98 Å². The van der Waals surface area contributed by atoms with Crippen LogP contribution in [0.3, 0.4) is 0 Å². The van der Waals surface area contributed by atoms with Gasteiger partial charge in [-0.25, -0.2) is 4.79 Å². The third kappa shape index (κ3) is 1.79. The topological polar surface area (TPSA) is 65.2 Å². The van der Waals surface area contributed by atoms with E-state index in [0.717, 1.165) is 11.1 Å². The molecule has 0 saturated heterocycles. The van der Waals surface area contributed by atoms with Crippen molar-refractivity contribution in [2.75, 3.05) is 7.11 Å². The monoisotopic (exact) mass is 218 g/mol. The van der Waals surface area contributed by atoms with E-state index in [2.05, 4.69) is 14.9 Å². The Morgan fingerprint density at radius 2 is 2.12 bits per heavy atom. The summed E-state index contributed by atoms with van der Waals surface area (Å²) in [6.45, 7) is 1.93. The second-order valence-corrected chi connectivity index (χ2v) is 3.23. The van der Waals surface area contributed by atoms with E-state index in [1.165, 1.54) is 7.11 Å². The van der Waals surface area contributed by atoms with Gasteiger partial charge in [-0.05, 0) is 12.5 Å². The minimum Gasteiger partial charge on any atom is -0.462 e. The van der Waals surface area contributed by atoms with Crippen LogP contribution in [-0.2, 0) is 4.74 Å². The molecule has 1 aromatic heterocycles. The molecule has 0 aliphatic heterocycles. The quantitative estimate of drug-likeness (QED) is 0.719. The van der Waals surface area contributed by atoms with Gasteiger partial charge in [0, 0.05) is 5.56 Å². The minimum absolute atomic E-state index is 0.138. The maximum atomic E-state index is 11.1. The van der Waals surface area contributed by atoms with Gasteiger partial charge >= 0.3 is 11.9 Å². The van der Waals surface area contributed by atoms with E-state index in [1.54, 1.807) is 0 Å². The van der Waals surface area contributed by atoms with Crippen molar-refractivity contribution < 1.29 is 14.1 Å². The summed E-state index contributed by atoms with van der Waals surface area (Å²) in [5, 5.41) is 3.73. The van der Waals surface area contributed by atoms with E-state index in [1.807, 2.05) is 31.2 Å². The summed E-state index contributed by atoms with van der Waals surface area (Å²) >= 11 is 0. The summed E-state index contributed by atoms with van der Waals surface area (Å²) in [5.74, 6) is -0.383. The average molecular weight is 218 g/mol. The average Bonchev–Trinajstić information content (AvgIpc) is 2.78. The largest absolute Gasteiger partial charge is 0.462 e. The van der Waals surface area contributed by atoms with Gasteiger partial charge in [0.15, 0.2) is 0 Å². The number of carbonyl (C=O) groups is 1. The van der Waals surface area contributed by atoms with Crippen molar-refractivity contribution >= 4 is 5.97 Å². The molecule has 0 radical (unpaired) electrons.